The summed E-state index contributed by atoms with van der Waals surface area (Å²) in [5, 5.41) is 4.57. The molecule has 7 aromatic carbocycles. The zero-order chi connectivity index (χ0) is 29.7. The second-order valence-electron chi connectivity index (χ2n) is 11.2. The van der Waals surface area contributed by atoms with Crippen LogP contribution in [-0.2, 0) is 0 Å². The Morgan fingerprint density at radius 1 is 0.444 bits per heavy atom. The van der Waals surface area contributed by atoms with Crippen LogP contribution in [0.25, 0.3) is 66.4 Å². The number of furan rings is 1. The summed E-state index contributed by atoms with van der Waals surface area (Å²) in [4.78, 5) is 7.14. The first kappa shape index (κ1) is 25.4. The first-order valence-corrected chi connectivity index (χ1v) is 15.0. The molecule has 0 aliphatic carbocycles. The molecule has 2 aromatic heterocycles. The normalized spacial score (nSPS) is 11.6. The lowest BCUT2D eigenvalue weighted by atomic mass is 10.0. The summed E-state index contributed by atoms with van der Waals surface area (Å²) >= 11 is 0. The number of rotatable bonds is 5. The lowest BCUT2D eigenvalue weighted by Gasteiger charge is -2.25. The van der Waals surface area contributed by atoms with Crippen molar-refractivity contribution in [3.63, 3.8) is 0 Å². The Bertz CT molecular complexity index is 2490. The van der Waals surface area contributed by atoms with Gasteiger partial charge in [0.05, 0.1) is 0 Å². The van der Waals surface area contributed by atoms with Gasteiger partial charge in [0, 0.05) is 39.0 Å². The van der Waals surface area contributed by atoms with Crippen LogP contribution in [0.5, 0.6) is 0 Å². The summed E-state index contributed by atoms with van der Waals surface area (Å²) in [6.45, 7) is 0. The van der Waals surface area contributed by atoms with E-state index >= 15 is 0 Å². The Hall–Kier alpha value is -6.13. The van der Waals surface area contributed by atoms with Crippen molar-refractivity contribution in [1.82, 2.24) is 4.98 Å². The van der Waals surface area contributed by atoms with E-state index in [1.807, 2.05) is 30.3 Å². The molecular formula is C41H26N2O2. The molecule has 0 spiro atoms. The van der Waals surface area contributed by atoms with Crippen LogP contribution >= 0.6 is 0 Å². The van der Waals surface area contributed by atoms with Gasteiger partial charge in [-0.2, -0.15) is 0 Å². The molecule has 0 fully saturated rings. The molecule has 0 unspecified atom stereocenters. The van der Waals surface area contributed by atoms with Crippen LogP contribution < -0.4 is 4.90 Å². The average molecular weight is 579 g/mol. The summed E-state index contributed by atoms with van der Waals surface area (Å²) in [5.74, 6) is 0.622. The van der Waals surface area contributed by atoms with Gasteiger partial charge in [-0.3, -0.25) is 0 Å². The highest BCUT2D eigenvalue weighted by atomic mass is 16.3. The number of nitrogens with zero attached hydrogens (tertiary/aromatic N) is 2. The topological polar surface area (TPSA) is 42.4 Å². The minimum Gasteiger partial charge on any atom is -0.456 e. The fraction of sp³-hybridized carbons (Fsp3) is 0. The molecule has 4 heteroatoms. The lowest BCUT2D eigenvalue weighted by molar-refractivity contribution is 0.621. The molecule has 212 valence electrons. The zero-order valence-corrected chi connectivity index (χ0v) is 24.2. The van der Waals surface area contributed by atoms with Crippen LogP contribution in [0, 0.1) is 0 Å². The van der Waals surface area contributed by atoms with Crippen molar-refractivity contribution in [2.45, 2.75) is 0 Å². The first-order valence-electron chi connectivity index (χ1n) is 15.0. The van der Waals surface area contributed by atoms with Crippen LogP contribution in [0.2, 0.25) is 0 Å². The molecular weight excluding hydrogens is 552 g/mol. The van der Waals surface area contributed by atoms with Crippen molar-refractivity contribution >= 4 is 60.9 Å². The van der Waals surface area contributed by atoms with Crippen molar-refractivity contribution < 1.29 is 8.83 Å². The highest BCUT2D eigenvalue weighted by Crippen LogP contribution is 2.40. The first-order chi connectivity index (χ1) is 22.3. The molecule has 0 aliphatic heterocycles. The van der Waals surface area contributed by atoms with Gasteiger partial charge in [0.15, 0.2) is 5.58 Å². The number of benzene rings is 7. The summed E-state index contributed by atoms with van der Waals surface area (Å²) < 4.78 is 12.6. The van der Waals surface area contributed by atoms with Gasteiger partial charge in [-0.15, -0.1) is 0 Å². The second-order valence-corrected chi connectivity index (χ2v) is 11.2. The Balaban J connectivity index is 1.12. The standard InChI is InChI=1S/C41H26N2O2/c1-2-11-31(12-3-1)43(33-23-24-39-36(26-33)35-13-6-7-16-38(35)44-39)32-21-19-28(20-22-32)34-14-8-15-37-40(34)45-41(42-37)30-18-17-27-9-4-5-10-29(27)25-30/h1-26H. The maximum absolute atomic E-state index is 6.44. The van der Waals surface area contributed by atoms with E-state index in [0.717, 1.165) is 72.2 Å². The zero-order valence-electron chi connectivity index (χ0n) is 24.2. The number of hydrogen-bond donors (Lipinski definition) is 0. The average Bonchev–Trinajstić information content (AvgIpc) is 3.71. The molecule has 0 atom stereocenters. The third-order valence-corrected chi connectivity index (χ3v) is 8.48. The van der Waals surface area contributed by atoms with Crippen molar-refractivity contribution in [3.8, 4) is 22.6 Å². The third-order valence-electron chi connectivity index (χ3n) is 8.48. The van der Waals surface area contributed by atoms with Crippen molar-refractivity contribution in [1.29, 1.82) is 0 Å². The molecule has 0 bridgehead atoms. The summed E-state index contributed by atoms with van der Waals surface area (Å²) in [6.07, 6.45) is 0. The smallest absolute Gasteiger partial charge is 0.227 e. The van der Waals surface area contributed by atoms with E-state index in [-0.39, 0.29) is 0 Å². The molecule has 9 rings (SSSR count). The molecule has 0 aliphatic rings. The number of para-hydroxylation sites is 3. The Kier molecular flexibility index (Phi) is 5.78. The van der Waals surface area contributed by atoms with E-state index < -0.39 is 0 Å². The largest absolute Gasteiger partial charge is 0.456 e. The van der Waals surface area contributed by atoms with E-state index in [2.05, 4.69) is 132 Å². The predicted octanol–water partition coefficient (Wildman–Crippen LogP) is 11.7. The quantitative estimate of drug-likeness (QED) is 0.204. The van der Waals surface area contributed by atoms with Gasteiger partial charge in [-0.05, 0) is 83.1 Å². The summed E-state index contributed by atoms with van der Waals surface area (Å²) in [6, 6.07) is 54.5. The van der Waals surface area contributed by atoms with Crippen LogP contribution in [0.4, 0.5) is 17.1 Å². The maximum atomic E-state index is 6.44. The van der Waals surface area contributed by atoms with Crippen molar-refractivity contribution in [2.24, 2.45) is 0 Å². The van der Waals surface area contributed by atoms with Gasteiger partial charge < -0.3 is 13.7 Å². The second kappa shape index (κ2) is 10.2. The summed E-state index contributed by atoms with van der Waals surface area (Å²) in [5.41, 5.74) is 9.63. The Morgan fingerprint density at radius 2 is 1.16 bits per heavy atom. The van der Waals surface area contributed by atoms with Gasteiger partial charge in [0.1, 0.15) is 16.7 Å². The molecule has 9 aromatic rings. The number of anilines is 3. The fourth-order valence-electron chi connectivity index (χ4n) is 6.29. The van der Waals surface area contributed by atoms with E-state index in [9.17, 15) is 0 Å². The van der Waals surface area contributed by atoms with Crippen molar-refractivity contribution in [2.75, 3.05) is 4.90 Å². The number of hydrogen-bond acceptors (Lipinski definition) is 4. The van der Waals surface area contributed by atoms with Gasteiger partial charge in [-0.25, -0.2) is 4.98 Å². The molecule has 0 saturated heterocycles. The van der Waals surface area contributed by atoms with Crippen LogP contribution in [0.3, 0.4) is 0 Å². The Labute approximate surface area is 259 Å². The SMILES string of the molecule is c1ccc(N(c2ccc(-c3cccc4nc(-c5ccc6ccccc6c5)oc34)cc2)c2ccc3oc4ccccc4c3c2)cc1. The number of aromatic nitrogens is 1. The molecule has 0 N–H and O–H groups in total. The number of fused-ring (bicyclic) bond motifs is 5. The van der Waals surface area contributed by atoms with Crippen LogP contribution in [-0.4, -0.2) is 4.98 Å². The van der Waals surface area contributed by atoms with E-state index in [4.69, 9.17) is 13.8 Å². The third kappa shape index (κ3) is 4.35. The molecule has 2 heterocycles. The maximum Gasteiger partial charge on any atom is 0.227 e. The monoisotopic (exact) mass is 578 g/mol. The summed E-state index contributed by atoms with van der Waals surface area (Å²) in [7, 11) is 0. The highest BCUT2D eigenvalue weighted by Gasteiger charge is 2.17. The van der Waals surface area contributed by atoms with E-state index in [1.165, 1.54) is 5.39 Å². The number of oxazole rings is 1. The van der Waals surface area contributed by atoms with Gasteiger partial charge in [-0.1, -0.05) is 91.0 Å². The fourth-order valence-corrected chi connectivity index (χ4v) is 6.29. The van der Waals surface area contributed by atoms with Gasteiger partial charge in [0.25, 0.3) is 0 Å². The van der Waals surface area contributed by atoms with Crippen LogP contribution in [0.1, 0.15) is 0 Å². The predicted molar refractivity (Wildman–Crippen MR) is 184 cm³/mol. The molecule has 45 heavy (non-hydrogen) atoms. The molecule has 0 saturated carbocycles. The molecule has 0 radical (unpaired) electrons. The lowest BCUT2D eigenvalue weighted by Crippen LogP contribution is -2.09. The van der Waals surface area contributed by atoms with Gasteiger partial charge >= 0.3 is 0 Å². The Morgan fingerprint density at radius 3 is 2.04 bits per heavy atom. The minimum atomic E-state index is 0.622. The minimum absolute atomic E-state index is 0.622. The molecule has 4 nitrogen and oxygen atoms in total. The highest BCUT2D eigenvalue weighted by molar-refractivity contribution is 6.06. The van der Waals surface area contributed by atoms with Crippen molar-refractivity contribution in [3.05, 3.63) is 158 Å². The molecule has 0 amide bonds. The van der Waals surface area contributed by atoms with E-state index in [0.29, 0.717) is 5.89 Å². The van der Waals surface area contributed by atoms with E-state index in [1.54, 1.807) is 0 Å². The van der Waals surface area contributed by atoms with Gasteiger partial charge in [0.2, 0.25) is 5.89 Å². The van der Waals surface area contributed by atoms with Crippen LogP contribution in [0.15, 0.2) is 167 Å².